The molecule has 1 heterocycles. The molecule has 92 valence electrons. The number of anilines is 1. The predicted molar refractivity (Wildman–Crippen MR) is 66.0 cm³/mol. The van der Waals surface area contributed by atoms with Gasteiger partial charge in [-0.2, -0.15) is 0 Å². The second-order valence-corrected chi connectivity index (χ2v) is 4.01. The molecule has 2 rings (SSSR count). The largest absolute Gasteiger partial charge is 0.492 e. The number of carbonyl (C=O) groups excluding carboxylic acids is 1. The summed E-state index contributed by atoms with van der Waals surface area (Å²) >= 11 is 0. The smallest absolute Gasteiger partial charge is 0.230 e. The average Bonchev–Trinajstić information content (AvgIpc) is 2.26. The van der Waals surface area contributed by atoms with E-state index in [1.165, 1.54) is 0 Å². The van der Waals surface area contributed by atoms with Gasteiger partial charge in [0, 0.05) is 25.3 Å². The van der Waals surface area contributed by atoms with Crippen LogP contribution >= 0.6 is 0 Å². The van der Waals surface area contributed by atoms with Gasteiger partial charge in [-0.25, -0.2) is 0 Å². The molecule has 1 aliphatic rings. The molecule has 0 radical (unpaired) electrons. The van der Waals surface area contributed by atoms with Gasteiger partial charge < -0.3 is 21.1 Å². The zero-order valence-electron chi connectivity index (χ0n) is 9.61. The van der Waals surface area contributed by atoms with Crippen molar-refractivity contribution < 1.29 is 9.53 Å². The fraction of sp³-hybridized carbons (Fsp3) is 0.417. The Morgan fingerprint density at radius 1 is 1.41 bits per heavy atom. The molecule has 1 aromatic carbocycles. The van der Waals surface area contributed by atoms with Crippen LogP contribution in [0.5, 0.6) is 5.75 Å². The van der Waals surface area contributed by atoms with Crippen LogP contribution in [0, 0.1) is 5.92 Å². The average molecular weight is 235 g/mol. The minimum atomic E-state index is 0.0689. The zero-order chi connectivity index (χ0) is 12.1. The van der Waals surface area contributed by atoms with Crippen LogP contribution in [0.3, 0.4) is 0 Å². The summed E-state index contributed by atoms with van der Waals surface area (Å²) in [5, 5.41) is 5.94. The maximum atomic E-state index is 11.7. The summed E-state index contributed by atoms with van der Waals surface area (Å²) in [6.07, 6.45) is 0. The Morgan fingerprint density at radius 2 is 2.12 bits per heavy atom. The van der Waals surface area contributed by atoms with Gasteiger partial charge >= 0.3 is 0 Å². The molecule has 0 saturated carbocycles. The summed E-state index contributed by atoms with van der Waals surface area (Å²) in [5.41, 5.74) is 6.13. The van der Waals surface area contributed by atoms with Crippen molar-refractivity contribution in [3.8, 4) is 5.75 Å². The second-order valence-electron chi connectivity index (χ2n) is 4.01. The standard InChI is InChI=1S/C12H17N3O2/c13-5-6-17-11-3-1-10(2-4-11)15-12(16)9-7-14-8-9/h1-4,9,14H,5-8,13H2,(H,15,16). The van der Waals surface area contributed by atoms with Crippen molar-refractivity contribution in [2.24, 2.45) is 11.7 Å². The summed E-state index contributed by atoms with van der Waals surface area (Å²) in [6.45, 7) is 2.53. The van der Waals surface area contributed by atoms with Crippen LogP contribution in [0.15, 0.2) is 24.3 Å². The molecular formula is C12H17N3O2. The lowest BCUT2D eigenvalue weighted by atomic mass is 10.0. The number of nitrogens with two attached hydrogens (primary N) is 1. The van der Waals surface area contributed by atoms with Crippen LogP contribution in [0.2, 0.25) is 0 Å². The van der Waals surface area contributed by atoms with Gasteiger partial charge in [0.15, 0.2) is 0 Å². The van der Waals surface area contributed by atoms with Crippen molar-refractivity contribution in [2.45, 2.75) is 0 Å². The van der Waals surface area contributed by atoms with Gasteiger partial charge in [0.25, 0.3) is 0 Å². The number of hydrogen-bond acceptors (Lipinski definition) is 4. The van der Waals surface area contributed by atoms with E-state index in [1.54, 1.807) is 0 Å². The second kappa shape index (κ2) is 5.65. The van der Waals surface area contributed by atoms with E-state index >= 15 is 0 Å². The Morgan fingerprint density at radius 3 is 2.65 bits per heavy atom. The lowest BCUT2D eigenvalue weighted by molar-refractivity contribution is -0.121. The van der Waals surface area contributed by atoms with E-state index in [2.05, 4.69) is 10.6 Å². The van der Waals surface area contributed by atoms with Crippen LogP contribution < -0.4 is 21.1 Å². The Bertz CT molecular complexity index is 374. The fourth-order valence-corrected chi connectivity index (χ4v) is 1.53. The van der Waals surface area contributed by atoms with Crippen molar-refractivity contribution in [2.75, 3.05) is 31.6 Å². The van der Waals surface area contributed by atoms with Crippen LogP contribution in [0.4, 0.5) is 5.69 Å². The number of amides is 1. The van der Waals surface area contributed by atoms with Crippen LogP contribution in [-0.2, 0) is 4.79 Å². The summed E-state index contributed by atoms with van der Waals surface area (Å²) in [5.74, 6) is 0.932. The summed E-state index contributed by atoms with van der Waals surface area (Å²) in [7, 11) is 0. The molecule has 4 N–H and O–H groups in total. The molecule has 0 unspecified atom stereocenters. The zero-order valence-corrected chi connectivity index (χ0v) is 9.61. The molecule has 1 amide bonds. The number of nitrogens with one attached hydrogen (secondary N) is 2. The topological polar surface area (TPSA) is 76.4 Å². The van der Waals surface area contributed by atoms with E-state index in [0.717, 1.165) is 24.5 Å². The number of benzene rings is 1. The van der Waals surface area contributed by atoms with Gasteiger partial charge in [-0.1, -0.05) is 0 Å². The van der Waals surface area contributed by atoms with Gasteiger partial charge in [-0.05, 0) is 24.3 Å². The van der Waals surface area contributed by atoms with Crippen LogP contribution in [0.25, 0.3) is 0 Å². The van der Waals surface area contributed by atoms with E-state index in [0.29, 0.717) is 13.2 Å². The van der Waals surface area contributed by atoms with E-state index in [1.807, 2.05) is 24.3 Å². The number of rotatable bonds is 5. The van der Waals surface area contributed by atoms with Gasteiger partial charge in [-0.3, -0.25) is 4.79 Å². The predicted octanol–water partition coefficient (Wildman–Crippen LogP) is 0.182. The maximum absolute atomic E-state index is 11.7. The Kier molecular flexibility index (Phi) is 3.95. The fourth-order valence-electron chi connectivity index (χ4n) is 1.53. The summed E-state index contributed by atoms with van der Waals surface area (Å²) < 4.78 is 5.35. The highest BCUT2D eigenvalue weighted by atomic mass is 16.5. The number of carbonyl (C=O) groups is 1. The highest BCUT2D eigenvalue weighted by molar-refractivity contribution is 5.93. The Labute approximate surface area is 100 Å². The molecule has 0 bridgehead atoms. The Balaban J connectivity index is 1.86. The first-order chi connectivity index (χ1) is 8.29. The van der Waals surface area contributed by atoms with Crippen molar-refractivity contribution in [1.29, 1.82) is 0 Å². The monoisotopic (exact) mass is 235 g/mol. The first kappa shape index (κ1) is 11.9. The molecule has 0 atom stereocenters. The summed E-state index contributed by atoms with van der Waals surface area (Å²) in [6, 6.07) is 7.31. The first-order valence-corrected chi connectivity index (χ1v) is 5.74. The van der Waals surface area contributed by atoms with Gasteiger partial charge in [-0.15, -0.1) is 0 Å². The number of hydrogen-bond donors (Lipinski definition) is 3. The molecule has 1 fully saturated rings. The van der Waals surface area contributed by atoms with Gasteiger partial charge in [0.05, 0.1) is 5.92 Å². The highest BCUT2D eigenvalue weighted by Gasteiger charge is 2.24. The van der Waals surface area contributed by atoms with E-state index < -0.39 is 0 Å². The molecular weight excluding hydrogens is 218 g/mol. The minimum absolute atomic E-state index is 0.0689. The summed E-state index contributed by atoms with van der Waals surface area (Å²) in [4.78, 5) is 11.7. The van der Waals surface area contributed by atoms with Gasteiger partial charge in [0.1, 0.15) is 12.4 Å². The first-order valence-electron chi connectivity index (χ1n) is 5.74. The third kappa shape index (κ3) is 3.18. The van der Waals surface area contributed by atoms with Crippen LogP contribution in [0.1, 0.15) is 0 Å². The SMILES string of the molecule is NCCOc1ccc(NC(=O)C2CNC2)cc1. The maximum Gasteiger partial charge on any atom is 0.230 e. The van der Waals surface area contributed by atoms with E-state index in [9.17, 15) is 4.79 Å². The third-order valence-corrected chi connectivity index (χ3v) is 2.66. The lowest BCUT2D eigenvalue weighted by Gasteiger charge is -2.25. The molecule has 1 aliphatic heterocycles. The molecule has 0 aromatic heterocycles. The lowest BCUT2D eigenvalue weighted by Crippen LogP contribution is -2.48. The molecule has 0 aliphatic carbocycles. The quantitative estimate of drug-likeness (QED) is 0.680. The molecule has 5 nitrogen and oxygen atoms in total. The molecule has 1 saturated heterocycles. The van der Waals surface area contributed by atoms with Gasteiger partial charge in [0.2, 0.25) is 5.91 Å². The van der Waals surface area contributed by atoms with Crippen molar-refractivity contribution in [3.05, 3.63) is 24.3 Å². The normalized spacial score (nSPS) is 15.1. The third-order valence-electron chi connectivity index (χ3n) is 2.66. The minimum Gasteiger partial charge on any atom is -0.492 e. The molecule has 1 aromatic rings. The highest BCUT2D eigenvalue weighted by Crippen LogP contribution is 2.16. The molecule has 17 heavy (non-hydrogen) atoms. The Hall–Kier alpha value is -1.59. The van der Waals surface area contributed by atoms with Crippen molar-refractivity contribution in [3.63, 3.8) is 0 Å². The van der Waals surface area contributed by atoms with Crippen molar-refractivity contribution in [1.82, 2.24) is 5.32 Å². The molecule has 0 spiro atoms. The number of ether oxygens (including phenoxy) is 1. The van der Waals surface area contributed by atoms with Crippen LogP contribution in [-0.4, -0.2) is 32.1 Å². The molecule has 5 heteroatoms. The van der Waals surface area contributed by atoms with E-state index in [-0.39, 0.29) is 11.8 Å². The van der Waals surface area contributed by atoms with Crippen molar-refractivity contribution >= 4 is 11.6 Å². The van der Waals surface area contributed by atoms with E-state index in [4.69, 9.17) is 10.5 Å².